The quantitative estimate of drug-likeness (QED) is 0.660. The van der Waals surface area contributed by atoms with Crippen LogP contribution in [0.5, 0.6) is 11.5 Å². The van der Waals surface area contributed by atoms with E-state index in [-0.39, 0.29) is 5.91 Å². The van der Waals surface area contributed by atoms with Crippen molar-refractivity contribution in [2.24, 2.45) is 0 Å². The summed E-state index contributed by atoms with van der Waals surface area (Å²) >= 11 is 0. The van der Waals surface area contributed by atoms with Gasteiger partial charge >= 0.3 is 0 Å². The van der Waals surface area contributed by atoms with E-state index in [4.69, 9.17) is 9.47 Å². The lowest BCUT2D eigenvalue weighted by atomic mass is 10.2. The fourth-order valence-corrected chi connectivity index (χ4v) is 3.23. The number of fused-ring (bicyclic) bond motifs is 1. The molecule has 0 unspecified atom stereocenters. The van der Waals surface area contributed by atoms with E-state index in [0.29, 0.717) is 31.9 Å². The van der Waals surface area contributed by atoms with Crippen molar-refractivity contribution < 1.29 is 14.3 Å². The zero-order valence-corrected chi connectivity index (χ0v) is 16.0. The molecule has 1 aromatic carbocycles. The Morgan fingerprint density at radius 3 is 2.64 bits per heavy atom. The molecule has 0 saturated heterocycles. The molecule has 1 aliphatic rings. The number of amides is 1. The highest BCUT2D eigenvalue weighted by atomic mass is 16.5. The van der Waals surface area contributed by atoms with Crippen molar-refractivity contribution in [3.05, 3.63) is 71.3 Å². The number of carbonyl (C=O) groups excluding carboxylic acids is 1. The lowest BCUT2D eigenvalue weighted by Crippen LogP contribution is -2.39. The largest absolute Gasteiger partial charge is 0.497 e. The van der Waals surface area contributed by atoms with Crippen molar-refractivity contribution in [1.82, 2.24) is 19.7 Å². The van der Waals surface area contributed by atoms with Crippen LogP contribution < -0.4 is 9.47 Å². The zero-order chi connectivity index (χ0) is 19.5. The highest BCUT2D eigenvalue weighted by Crippen LogP contribution is 2.19. The molecule has 1 amide bonds. The molecule has 0 spiro atoms. The van der Waals surface area contributed by atoms with Gasteiger partial charge in [-0.1, -0.05) is 12.1 Å². The van der Waals surface area contributed by atoms with Crippen molar-refractivity contribution in [3.8, 4) is 11.5 Å². The average Bonchev–Trinajstić information content (AvgIpc) is 3.13. The fourth-order valence-electron chi connectivity index (χ4n) is 3.23. The van der Waals surface area contributed by atoms with Gasteiger partial charge in [0.1, 0.15) is 29.5 Å². The van der Waals surface area contributed by atoms with Gasteiger partial charge in [-0.05, 0) is 36.8 Å². The van der Waals surface area contributed by atoms with E-state index in [1.54, 1.807) is 18.0 Å². The van der Waals surface area contributed by atoms with Crippen molar-refractivity contribution in [3.63, 3.8) is 0 Å². The SMILES string of the molecule is COc1ccc(CN2CCn3nc(COc4ccnc(C)c4)cc3C2=O)cc1. The molecule has 0 saturated carbocycles. The Morgan fingerprint density at radius 1 is 1.07 bits per heavy atom. The summed E-state index contributed by atoms with van der Waals surface area (Å²) in [6, 6.07) is 13.3. The predicted octanol–water partition coefficient (Wildman–Crippen LogP) is 2.83. The zero-order valence-electron chi connectivity index (χ0n) is 16.0. The first-order valence-electron chi connectivity index (χ1n) is 9.17. The standard InChI is InChI=1S/C21H22N4O3/c1-15-11-19(7-8-22-15)28-14-17-12-20-21(26)24(9-10-25(20)23-17)13-16-3-5-18(27-2)6-4-16/h3-8,11-12H,9-10,13-14H2,1-2H3. The summed E-state index contributed by atoms with van der Waals surface area (Å²) in [4.78, 5) is 18.9. The number of methoxy groups -OCH3 is 1. The average molecular weight is 378 g/mol. The third kappa shape index (κ3) is 3.83. The molecule has 0 fully saturated rings. The van der Waals surface area contributed by atoms with Gasteiger partial charge in [0.25, 0.3) is 5.91 Å². The van der Waals surface area contributed by atoms with Crippen molar-refractivity contribution in [1.29, 1.82) is 0 Å². The van der Waals surface area contributed by atoms with Gasteiger partial charge in [-0.3, -0.25) is 14.5 Å². The van der Waals surface area contributed by atoms with Crippen LogP contribution in [0.2, 0.25) is 0 Å². The smallest absolute Gasteiger partial charge is 0.272 e. The molecular weight excluding hydrogens is 356 g/mol. The number of hydrogen-bond donors (Lipinski definition) is 0. The van der Waals surface area contributed by atoms with Crippen LogP contribution >= 0.6 is 0 Å². The summed E-state index contributed by atoms with van der Waals surface area (Å²) in [5, 5.41) is 4.51. The van der Waals surface area contributed by atoms with Gasteiger partial charge in [-0.25, -0.2) is 0 Å². The summed E-state index contributed by atoms with van der Waals surface area (Å²) in [5.74, 6) is 1.53. The molecule has 7 nitrogen and oxygen atoms in total. The van der Waals surface area contributed by atoms with Crippen LogP contribution in [0.1, 0.15) is 27.4 Å². The normalized spacial score (nSPS) is 13.4. The van der Waals surface area contributed by atoms with E-state index in [0.717, 1.165) is 28.5 Å². The molecular formula is C21H22N4O3. The Kier molecular flexibility index (Phi) is 4.97. The second kappa shape index (κ2) is 7.72. The highest BCUT2D eigenvalue weighted by molar-refractivity contribution is 5.93. The third-order valence-corrected chi connectivity index (χ3v) is 4.71. The molecule has 0 atom stereocenters. The molecule has 3 aromatic rings. The summed E-state index contributed by atoms with van der Waals surface area (Å²) in [5.41, 5.74) is 3.30. The van der Waals surface area contributed by atoms with Gasteiger partial charge in [0, 0.05) is 31.0 Å². The van der Waals surface area contributed by atoms with Crippen LogP contribution in [0.3, 0.4) is 0 Å². The molecule has 3 heterocycles. The maximum Gasteiger partial charge on any atom is 0.272 e. The third-order valence-electron chi connectivity index (χ3n) is 4.71. The Hall–Kier alpha value is -3.35. The Bertz CT molecular complexity index is 982. The summed E-state index contributed by atoms with van der Waals surface area (Å²) in [6.45, 7) is 4.10. The Morgan fingerprint density at radius 2 is 1.89 bits per heavy atom. The lowest BCUT2D eigenvalue weighted by molar-refractivity contribution is 0.0683. The number of hydrogen-bond acceptors (Lipinski definition) is 5. The van der Waals surface area contributed by atoms with Gasteiger partial charge in [0.15, 0.2) is 0 Å². The topological polar surface area (TPSA) is 69.5 Å². The summed E-state index contributed by atoms with van der Waals surface area (Å²) in [6.07, 6.45) is 1.71. The van der Waals surface area contributed by atoms with E-state index in [2.05, 4.69) is 10.1 Å². The fraction of sp³-hybridized carbons (Fsp3) is 0.286. The molecule has 144 valence electrons. The minimum Gasteiger partial charge on any atom is -0.497 e. The van der Waals surface area contributed by atoms with Crippen molar-refractivity contribution in [2.45, 2.75) is 26.6 Å². The van der Waals surface area contributed by atoms with Crippen LogP contribution in [0.25, 0.3) is 0 Å². The second-order valence-corrected chi connectivity index (χ2v) is 6.74. The van der Waals surface area contributed by atoms with Crippen LogP contribution in [-0.2, 0) is 19.7 Å². The van der Waals surface area contributed by atoms with Gasteiger partial charge < -0.3 is 14.4 Å². The molecule has 0 radical (unpaired) electrons. The number of aromatic nitrogens is 3. The minimum absolute atomic E-state index is 0.0134. The molecule has 0 aliphatic carbocycles. The molecule has 0 bridgehead atoms. The molecule has 7 heteroatoms. The minimum atomic E-state index is -0.0134. The van der Waals surface area contributed by atoms with Crippen molar-refractivity contribution in [2.75, 3.05) is 13.7 Å². The number of aryl methyl sites for hydroxylation is 1. The lowest BCUT2D eigenvalue weighted by Gasteiger charge is -2.27. The molecule has 28 heavy (non-hydrogen) atoms. The van der Waals surface area contributed by atoms with Crippen molar-refractivity contribution >= 4 is 5.91 Å². The van der Waals surface area contributed by atoms with Crippen LogP contribution in [0.15, 0.2) is 48.7 Å². The summed E-state index contributed by atoms with van der Waals surface area (Å²) in [7, 11) is 1.64. The maximum absolute atomic E-state index is 12.9. The Balaban J connectivity index is 1.43. The van der Waals surface area contributed by atoms with E-state index in [1.807, 2.05) is 54.3 Å². The summed E-state index contributed by atoms with van der Waals surface area (Å²) < 4.78 is 12.7. The predicted molar refractivity (Wildman–Crippen MR) is 103 cm³/mol. The molecule has 1 aliphatic heterocycles. The van der Waals surface area contributed by atoms with Gasteiger partial charge in [0.05, 0.1) is 13.7 Å². The number of benzene rings is 1. The van der Waals surface area contributed by atoms with E-state index < -0.39 is 0 Å². The van der Waals surface area contributed by atoms with Crippen LogP contribution in [0.4, 0.5) is 0 Å². The monoisotopic (exact) mass is 378 g/mol. The molecule has 0 N–H and O–H groups in total. The molecule has 2 aromatic heterocycles. The number of ether oxygens (including phenoxy) is 2. The first-order valence-corrected chi connectivity index (χ1v) is 9.17. The molecule has 4 rings (SSSR count). The van der Waals surface area contributed by atoms with Gasteiger partial charge in [-0.15, -0.1) is 0 Å². The Labute approximate surface area is 163 Å². The maximum atomic E-state index is 12.9. The van der Waals surface area contributed by atoms with E-state index in [1.165, 1.54) is 0 Å². The van der Waals surface area contributed by atoms with Crippen LogP contribution in [-0.4, -0.2) is 39.2 Å². The first-order chi connectivity index (χ1) is 13.6. The number of carbonyl (C=O) groups is 1. The van der Waals surface area contributed by atoms with Crippen LogP contribution in [0, 0.1) is 6.92 Å². The van der Waals surface area contributed by atoms with Gasteiger partial charge in [-0.2, -0.15) is 5.10 Å². The van der Waals surface area contributed by atoms with Gasteiger partial charge in [0.2, 0.25) is 0 Å². The highest BCUT2D eigenvalue weighted by Gasteiger charge is 2.26. The van der Waals surface area contributed by atoms with E-state index >= 15 is 0 Å². The van der Waals surface area contributed by atoms with E-state index in [9.17, 15) is 4.79 Å². The number of pyridine rings is 1. The number of rotatable bonds is 6. The number of nitrogens with zero attached hydrogens (tertiary/aromatic N) is 4. The first kappa shape index (κ1) is 18.0. The second-order valence-electron chi connectivity index (χ2n) is 6.74.